The van der Waals surface area contributed by atoms with Crippen molar-refractivity contribution in [2.24, 2.45) is 0 Å². The van der Waals surface area contributed by atoms with E-state index >= 15 is 0 Å². The molecule has 4 aromatic rings. The van der Waals surface area contributed by atoms with Crippen LogP contribution in [-0.2, 0) is 6.54 Å². The molecule has 35 heavy (non-hydrogen) atoms. The molecule has 1 saturated heterocycles. The summed E-state index contributed by atoms with van der Waals surface area (Å²) in [6, 6.07) is 22.2. The lowest BCUT2D eigenvalue weighted by Gasteiger charge is -2.22. The summed E-state index contributed by atoms with van der Waals surface area (Å²) in [6.45, 7) is 7.08. The highest BCUT2D eigenvalue weighted by Crippen LogP contribution is 2.26. The fourth-order valence-corrected chi connectivity index (χ4v) is 5.32. The van der Waals surface area contributed by atoms with Gasteiger partial charge in [-0.1, -0.05) is 42.5 Å². The van der Waals surface area contributed by atoms with Gasteiger partial charge in [-0.25, -0.2) is 4.98 Å². The summed E-state index contributed by atoms with van der Waals surface area (Å²) < 4.78 is 0. The Morgan fingerprint density at radius 3 is 2.63 bits per heavy atom. The Labute approximate surface area is 211 Å². The monoisotopic (exact) mass is 482 g/mol. The van der Waals surface area contributed by atoms with Crippen molar-refractivity contribution in [3.05, 3.63) is 100 Å². The van der Waals surface area contributed by atoms with E-state index in [1.807, 2.05) is 49.4 Å². The number of rotatable bonds is 6. The summed E-state index contributed by atoms with van der Waals surface area (Å²) >= 11 is 1.76. The average molecular weight is 483 g/mol. The first kappa shape index (κ1) is 23.3. The molecular weight excluding hydrogens is 452 g/mol. The highest BCUT2D eigenvalue weighted by atomic mass is 32.1. The minimum absolute atomic E-state index is 0.117. The summed E-state index contributed by atoms with van der Waals surface area (Å²) in [5.41, 5.74) is 5.92. The maximum atomic E-state index is 13.1. The number of aromatic nitrogens is 1. The summed E-state index contributed by atoms with van der Waals surface area (Å²) in [5, 5.41) is 7.40. The van der Waals surface area contributed by atoms with Crippen LogP contribution >= 0.6 is 11.3 Å². The Morgan fingerprint density at radius 1 is 0.971 bits per heavy atom. The third-order valence-corrected chi connectivity index (χ3v) is 7.30. The zero-order valence-corrected chi connectivity index (χ0v) is 20.8. The zero-order chi connectivity index (χ0) is 24.0. The number of amides is 1. The lowest BCUT2D eigenvalue weighted by molar-refractivity contribution is 0.102. The molecule has 1 aliphatic heterocycles. The molecule has 0 saturated carbocycles. The van der Waals surface area contributed by atoms with Gasteiger partial charge in [-0.05, 0) is 70.6 Å². The van der Waals surface area contributed by atoms with Crippen molar-refractivity contribution in [3.63, 3.8) is 0 Å². The minimum atomic E-state index is -0.117. The Morgan fingerprint density at radius 2 is 1.86 bits per heavy atom. The predicted octanol–water partition coefficient (Wildman–Crippen LogP) is 6.08. The number of anilines is 2. The summed E-state index contributed by atoms with van der Waals surface area (Å²) in [7, 11) is 0. The van der Waals surface area contributed by atoms with Gasteiger partial charge in [0, 0.05) is 38.3 Å². The fraction of sp³-hybridized carbons (Fsp3) is 0.241. The second-order valence-electron chi connectivity index (χ2n) is 8.95. The molecular formula is C29H30N4OS. The second kappa shape index (κ2) is 10.8. The molecule has 1 fully saturated rings. The molecule has 2 aromatic heterocycles. The minimum Gasteiger partial charge on any atom is -0.355 e. The van der Waals surface area contributed by atoms with Gasteiger partial charge in [0.05, 0.1) is 11.9 Å². The lowest BCUT2D eigenvalue weighted by Crippen LogP contribution is -2.30. The molecule has 6 heteroatoms. The van der Waals surface area contributed by atoms with Gasteiger partial charge in [0.25, 0.3) is 5.91 Å². The van der Waals surface area contributed by atoms with E-state index in [2.05, 4.69) is 55.1 Å². The first-order valence-corrected chi connectivity index (χ1v) is 13.0. The Balaban J connectivity index is 1.22. The maximum Gasteiger partial charge on any atom is 0.255 e. The first-order valence-electron chi connectivity index (χ1n) is 12.1. The number of pyridine rings is 1. The molecule has 5 nitrogen and oxygen atoms in total. The van der Waals surface area contributed by atoms with Gasteiger partial charge >= 0.3 is 0 Å². The molecule has 178 valence electrons. The summed E-state index contributed by atoms with van der Waals surface area (Å²) in [4.78, 5) is 22.6. The molecule has 0 spiro atoms. The van der Waals surface area contributed by atoms with E-state index in [0.29, 0.717) is 11.3 Å². The molecule has 0 bridgehead atoms. The van der Waals surface area contributed by atoms with Crippen molar-refractivity contribution >= 4 is 28.7 Å². The molecule has 0 atom stereocenters. The third kappa shape index (κ3) is 5.61. The largest absolute Gasteiger partial charge is 0.355 e. The number of carbonyl (C=O) groups excluding carboxylic acids is 1. The van der Waals surface area contributed by atoms with Gasteiger partial charge in [-0.15, -0.1) is 0 Å². The quantitative estimate of drug-likeness (QED) is 0.362. The number of hydrogen-bond donors (Lipinski definition) is 1. The van der Waals surface area contributed by atoms with E-state index in [-0.39, 0.29) is 5.91 Å². The van der Waals surface area contributed by atoms with Gasteiger partial charge in [0.1, 0.15) is 5.82 Å². The number of hydrogen-bond acceptors (Lipinski definition) is 5. The summed E-state index contributed by atoms with van der Waals surface area (Å²) in [6.07, 6.45) is 2.87. The van der Waals surface area contributed by atoms with Gasteiger partial charge in [-0.2, -0.15) is 11.3 Å². The van der Waals surface area contributed by atoms with Crippen LogP contribution in [-0.4, -0.2) is 42.0 Å². The van der Waals surface area contributed by atoms with Gasteiger partial charge < -0.3 is 10.2 Å². The van der Waals surface area contributed by atoms with E-state index < -0.39 is 0 Å². The van der Waals surface area contributed by atoms with Gasteiger partial charge in [0.15, 0.2) is 0 Å². The van der Waals surface area contributed by atoms with Crippen LogP contribution in [0, 0.1) is 6.92 Å². The van der Waals surface area contributed by atoms with Crippen LogP contribution in [0.2, 0.25) is 0 Å². The molecule has 1 amide bonds. The van der Waals surface area contributed by atoms with E-state index in [9.17, 15) is 4.79 Å². The highest BCUT2D eigenvalue weighted by Gasteiger charge is 2.17. The van der Waals surface area contributed by atoms with Crippen LogP contribution in [0.3, 0.4) is 0 Å². The summed E-state index contributed by atoms with van der Waals surface area (Å²) in [5.74, 6) is 0.844. The second-order valence-corrected chi connectivity index (χ2v) is 9.73. The molecule has 0 aliphatic carbocycles. The molecule has 0 radical (unpaired) electrons. The van der Waals surface area contributed by atoms with Crippen molar-refractivity contribution in [1.82, 2.24) is 9.88 Å². The van der Waals surface area contributed by atoms with Crippen molar-refractivity contribution in [1.29, 1.82) is 0 Å². The average Bonchev–Trinajstić information content (AvgIpc) is 3.29. The van der Waals surface area contributed by atoms with Crippen molar-refractivity contribution in [3.8, 4) is 11.1 Å². The molecule has 2 aromatic carbocycles. The molecule has 5 rings (SSSR count). The Bertz CT molecular complexity index is 1260. The topological polar surface area (TPSA) is 48.5 Å². The van der Waals surface area contributed by atoms with Crippen LogP contribution < -0.4 is 10.2 Å². The molecule has 1 aliphatic rings. The van der Waals surface area contributed by atoms with Crippen molar-refractivity contribution in [2.75, 3.05) is 36.4 Å². The first-order chi connectivity index (χ1) is 17.2. The number of benzene rings is 2. The maximum absolute atomic E-state index is 13.1. The lowest BCUT2D eigenvalue weighted by atomic mass is 9.96. The molecule has 3 heterocycles. The zero-order valence-electron chi connectivity index (χ0n) is 20.0. The molecule has 1 N–H and O–H groups in total. The van der Waals surface area contributed by atoms with Gasteiger partial charge in [0.2, 0.25) is 0 Å². The SMILES string of the molecule is Cc1c(C(=O)Nc2ccc(N3CCCN(Cc4ccsc4)CC3)nc2)cccc1-c1ccccc1. The van der Waals surface area contributed by atoms with Gasteiger partial charge in [-0.3, -0.25) is 9.69 Å². The Kier molecular flexibility index (Phi) is 7.21. The van der Waals surface area contributed by atoms with E-state index in [4.69, 9.17) is 0 Å². The number of thiophene rings is 1. The standard InChI is InChI=1S/C29H30N4OS/c1-22-26(24-7-3-2-4-8-24)9-5-10-27(22)29(34)31-25-11-12-28(30-19-25)33-15-6-14-32(16-17-33)20-23-13-18-35-21-23/h2-5,7-13,18-19,21H,6,14-17,20H2,1H3,(H,31,34). The number of carbonyl (C=O) groups is 1. The fourth-order valence-electron chi connectivity index (χ4n) is 4.66. The highest BCUT2D eigenvalue weighted by molar-refractivity contribution is 7.07. The Hall–Kier alpha value is -3.48. The predicted molar refractivity (Wildman–Crippen MR) is 145 cm³/mol. The van der Waals surface area contributed by atoms with E-state index in [0.717, 1.165) is 61.7 Å². The number of nitrogens with one attached hydrogen (secondary N) is 1. The van der Waals surface area contributed by atoms with Crippen LogP contribution in [0.5, 0.6) is 0 Å². The van der Waals surface area contributed by atoms with Crippen LogP contribution in [0.4, 0.5) is 11.5 Å². The van der Waals surface area contributed by atoms with Crippen molar-refractivity contribution < 1.29 is 4.79 Å². The van der Waals surface area contributed by atoms with Crippen molar-refractivity contribution in [2.45, 2.75) is 19.9 Å². The van der Waals surface area contributed by atoms with Crippen LogP contribution in [0.25, 0.3) is 11.1 Å². The number of nitrogens with zero attached hydrogens (tertiary/aromatic N) is 3. The van der Waals surface area contributed by atoms with E-state index in [1.54, 1.807) is 17.5 Å². The van der Waals surface area contributed by atoms with E-state index in [1.165, 1.54) is 5.56 Å². The molecule has 0 unspecified atom stereocenters. The van der Waals surface area contributed by atoms with Crippen LogP contribution in [0.1, 0.15) is 27.9 Å². The normalized spacial score (nSPS) is 14.5. The smallest absolute Gasteiger partial charge is 0.255 e. The van der Waals surface area contributed by atoms with Crippen LogP contribution in [0.15, 0.2) is 83.7 Å². The third-order valence-electron chi connectivity index (χ3n) is 6.57.